The van der Waals surface area contributed by atoms with Crippen LogP contribution in [0.25, 0.3) is 0 Å². The van der Waals surface area contributed by atoms with Crippen molar-refractivity contribution < 1.29 is 9.59 Å². The van der Waals surface area contributed by atoms with Crippen molar-refractivity contribution in [1.29, 1.82) is 0 Å². The minimum absolute atomic E-state index is 0.0532. The maximum Gasteiger partial charge on any atom is 0.252 e. The van der Waals surface area contributed by atoms with E-state index in [1.54, 1.807) is 6.07 Å². The quantitative estimate of drug-likeness (QED) is 0.638. The fourth-order valence-corrected chi connectivity index (χ4v) is 4.71. The minimum Gasteiger partial charge on any atom is -0.349 e. The van der Waals surface area contributed by atoms with Crippen molar-refractivity contribution in [1.82, 2.24) is 20.4 Å². The molecule has 2 atom stereocenters. The van der Waals surface area contributed by atoms with E-state index in [0.717, 1.165) is 41.0 Å². The molecule has 0 unspecified atom stereocenters. The Morgan fingerprint density at radius 3 is 2.81 bits per heavy atom. The first-order chi connectivity index (χ1) is 15.1. The molecule has 2 amide bonds. The van der Waals surface area contributed by atoms with E-state index < -0.39 is 0 Å². The molecule has 3 aromatic rings. The molecule has 2 aliphatic rings. The van der Waals surface area contributed by atoms with Crippen LogP contribution in [0.2, 0.25) is 5.02 Å². The lowest BCUT2D eigenvalue weighted by atomic mass is 9.92. The molecule has 0 spiro atoms. The Bertz CT molecular complexity index is 1140. The SMILES string of the molecule is O=C(C[C@@H]1NC(=O)c2ccccc21)N[C@@H]1CCCc2c1cnn2Cc1ccc(Cl)cc1. The van der Waals surface area contributed by atoms with E-state index >= 15 is 0 Å². The van der Waals surface area contributed by atoms with Crippen molar-refractivity contribution in [3.63, 3.8) is 0 Å². The number of hydrogen-bond acceptors (Lipinski definition) is 3. The van der Waals surface area contributed by atoms with Gasteiger partial charge in [-0.05, 0) is 48.6 Å². The lowest BCUT2D eigenvalue weighted by Crippen LogP contribution is -2.33. The molecule has 0 saturated carbocycles. The topological polar surface area (TPSA) is 76.0 Å². The number of nitrogens with zero attached hydrogens (tertiary/aromatic N) is 2. The number of nitrogens with one attached hydrogen (secondary N) is 2. The molecule has 1 aromatic heterocycles. The molecular formula is C24H23ClN4O2. The van der Waals surface area contributed by atoms with Crippen molar-refractivity contribution in [2.24, 2.45) is 0 Å². The van der Waals surface area contributed by atoms with Gasteiger partial charge < -0.3 is 10.6 Å². The van der Waals surface area contributed by atoms with E-state index in [0.29, 0.717) is 12.1 Å². The van der Waals surface area contributed by atoms with Gasteiger partial charge in [0.1, 0.15) is 0 Å². The van der Waals surface area contributed by atoms with Crippen LogP contribution in [0.15, 0.2) is 54.7 Å². The van der Waals surface area contributed by atoms with E-state index in [9.17, 15) is 9.59 Å². The van der Waals surface area contributed by atoms with Gasteiger partial charge in [-0.2, -0.15) is 5.10 Å². The molecule has 31 heavy (non-hydrogen) atoms. The molecular weight excluding hydrogens is 412 g/mol. The van der Waals surface area contributed by atoms with Crippen LogP contribution in [0.3, 0.4) is 0 Å². The van der Waals surface area contributed by atoms with Crippen molar-refractivity contribution in [2.45, 2.75) is 44.3 Å². The van der Waals surface area contributed by atoms with E-state index in [-0.39, 0.29) is 30.3 Å². The Labute approximate surface area is 185 Å². The Morgan fingerprint density at radius 1 is 1.16 bits per heavy atom. The maximum atomic E-state index is 12.8. The van der Waals surface area contributed by atoms with Crippen molar-refractivity contribution in [2.75, 3.05) is 0 Å². The molecule has 1 aliphatic carbocycles. The van der Waals surface area contributed by atoms with Gasteiger partial charge in [-0.15, -0.1) is 0 Å². The molecule has 158 valence electrons. The zero-order chi connectivity index (χ0) is 21.4. The third kappa shape index (κ3) is 3.95. The predicted octanol–water partition coefficient (Wildman–Crippen LogP) is 3.95. The average Bonchev–Trinajstić information content (AvgIpc) is 3.32. The molecule has 5 rings (SSSR count). The number of aromatic nitrogens is 2. The van der Waals surface area contributed by atoms with Crippen molar-refractivity contribution in [3.8, 4) is 0 Å². The molecule has 0 fully saturated rings. The molecule has 2 N–H and O–H groups in total. The second kappa shape index (κ2) is 8.19. The monoisotopic (exact) mass is 434 g/mol. The third-order valence-electron chi connectivity index (χ3n) is 6.12. The van der Waals surface area contributed by atoms with Gasteiger partial charge >= 0.3 is 0 Å². The summed E-state index contributed by atoms with van der Waals surface area (Å²) in [5.74, 6) is -0.179. The van der Waals surface area contributed by atoms with Crippen LogP contribution in [-0.4, -0.2) is 21.6 Å². The van der Waals surface area contributed by atoms with Crippen LogP contribution in [0.5, 0.6) is 0 Å². The highest BCUT2D eigenvalue weighted by Crippen LogP contribution is 2.31. The first-order valence-corrected chi connectivity index (χ1v) is 10.9. The molecule has 1 aliphatic heterocycles. The minimum atomic E-state index is -0.278. The summed E-state index contributed by atoms with van der Waals surface area (Å²) in [6, 6.07) is 14.9. The van der Waals surface area contributed by atoms with Gasteiger partial charge in [0.05, 0.1) is 31.2 Å². The van der Waals surface area contributed by atoms with Crippen LogP contribution in [0, 0.1) is 0 Å². The van der Waals surface area contributed by atoms with Gasteiger partial charge in [0, 0.05) is 21.8 Å². The number of carbonyl (C=O) groups is 2. The van der Waals surface area contributed by atoms with E-state index in [1.807, 2.05) is 53.3 Å². The zero-order valence-electron chi connectivity index (χ0n) is 17.0. The molecule has 0 saturated heterocycles. The highest BCUT2D eigenvalue weighted by Gasteiger charge is 2.31. The lowest BCUT2D eigenvalue weighted by molar-refractivity contribution is -0.122. The number of amides is 2. The number of rotatable bonds is 5. The molecule has 2 aromatic carbocycles. The molecule has 2 heterocycles. The Kier molecular flexibility index (Phi) is 5.24. The summed E-state index contributed by atoms with van der Waals surface area (Å²) in [5.41, 5.74) is 4.94. The number of hydrogen-bond donors (Lipinski definition) is 2. The Balaban J connectivity index is 1.28. The summed E-state index contributed by atoms with van der Waals surface area (Å²) in [5, 5.41) is 11.4. The summed E-state index contributed by atoms with van der Waals surface area (Å²) in [6.07, 6.45) is 4.93. The first kappa shape index (κ1) is 19.8. The van der Waals surface area contributed by atoms with Gasteiger partial charge in [-0.1, -0.05) is 41.9 Å². The smallest absolute Gasteiger partial charge is 0.252 e. The van der Waals surface area contributed by atoms with E-state index in [2.05, 4.69) is 15.7 Å². The van der Waals surface area contributed by atoms with E-state index in [1.165, 1.54) is 5.69 Å². The molecule has 6 nitrogen and oxygen atoms in total. The maximum absolute atomic E-state index is 12.8. The first-order valence-electron chi connectivity index (χ1n) is 10.6. The second-order valence-corrected chi connectivity index (χ2v) is 8.60. The summed E-state index contributed by atoms with van der Waals surface area (Å²) in [4.78, 5) is 24.9. The molecule has 0 radical (unpaired) electrons. The second-order valence-electron chi connectivity index (χ2n) is 8.16. The third-order valence-corrected chi connectivity index (χ3v) is 6.37. The van der Waals surface area contributed by atoms with Gasteiger partial charge in [0.25, 0.3) is 5.91 Å². The van der Waals surface area contributed by atoms with Crippen LogP contribution in [0.4, 0.5) is 0 Å². The fraction of sp³-hybridized carbons (Fsp3) is 0.292. The van der Waals surface area contributed by atoms with Gasteiger partial charge in [0.15, 0.2) is 0 Å². The number of halogens is 1. The summed E-state index contributed by atoms with van der Waals surface area (Å²) in [6.45, 7) is 0.679. The average molecular weight is 435 g/mol. The standard InChI is InChI=1S/C24H23ClN4O2/c25-16-10-8-15(9-11-16)14-29-22-7-3-6-20(19(22)13-26-29)27-23(30)12-21-17-4-1-2-5-18(17)24(31)28-21/h1-2,4-5,8-11,13,20-21H,3,6-7,12,14H2,(H,27,30)(H,28,31)/t20-,21+/m1/s1. The van der Waals surface area contributed by atoms with Crippen LogP contribution in [-0.2, 0) is 17.8 Å². The zero-order valence-corrected chi connectivity index (χ0v) is 17.7. The summed E-state index contributed by atoms with van der Waals surface area (Å²) < 4.78 is 2.02. The van der Waals surface area contributed by atoms with Crippen LogP contribution < -0.4 is 10.6 Å². The van der Waals surface area contributed by atoms with Crippen molar-refractivity contribution >= 4 is 23.4 Å². The number of carbonyl (C=O) groups excluding carboxylic acids is 2. The van der Waals surface area contributed by atoms with Crippen LogP contribution in [0.1, 0.15) is 64.1 Å². The Morgan fingerprint density at radius 2 is 1.97 bits per heavy atom. The fourth-order valence-electron chi connectivity index (χ4n) is 4.59. The normalized spacial score (nSPS) is 19.5. The lowest BCUT2D eigenvalue weighted by Gasteiger charge is -2.25. The summed E-state index contributed by atoms with van der Waals surface area (Å²) >= 11 is 5.99. The Hall–Kier alpha value is -3.12. The summed E-state index contributed by atoms with van der Waals surface area (Å²) in [7, 11) is 0. The van der Waals surface area contributed by atoms with Crippen LogP contribution >= 0.6 is 11.6 Å². The highest BCUT2D eigenvalue weighted by atomic mass is 35.5. The van der Waals surface area contributed by atoms with Gasteiger partial charge in [-0.25, -0.2) is 0 Å². The van der Waals surface area contributed by atoms with E-state index in [4.69, 9.17) is 11.6 Å². The predicted molar refractivity (Wildman–Crippen MR) is 118 cm³/mol. The van der Waals surface area contributed by atoms with Crippen molar-refractivity contribution in [3.05, 3.63) is 87.7 Å². The molecule has 7 heteroatoms. The number of benzene rings is 2. The van der Waals surface area contributed by atoms with Gasteiger partial charge in [-0.3, -0.25) is 14.3 Å². The molecule has 0 bridgehead atoms. The van der Waals surface area contributed by atoms with Gasteiger partial charge in [0.2, 0.25) is 5.91 Å². The number of fused-ring (bicyclic) bond motifs is 2. The largest absolute Gasteiger partial charge is 0.349 e. The highest BCUT2D eigenvalue weighted by molar-refractivity contribution is 6.30.